The highest BCUT2D eigenvalue weighted by Gasteiger charge is 2.01. The Hall–Kier alpha value is -2.34. The summed E-state index contributed by atoms with van der Waals surface area (Å²) < 4.78 is 6.07. The van der Waals surface area contributed by atoms with Crippen LogP contribution in [0.5, 0.6) is 5.75 Å². The van der Waals surface area contributed by atoms with Crippen LogP contribution in [0.2, 0.25) is 0 Å². The summed E-state index contributed by atoms with van der Waals surface area (Å²) in [5.41, 5.74) is 5.72. The lowest BCUT2D eigenvalue weighted by Crippen LogP contribution is -1.93. The van der Waals surface area contributed by atoms with Gasteiger partial charge in [0.05, 0.1) is 28.8 Å². The number of imidazole rings is 1. The third-order valence-corrected chi connectivity index (χ3v) is 3.57. The van der Waals surface area contributed by atoms with Gasteiger partial charge in [-0.25, -0.2) is 10.4 Å². The Morgan fingerprint density at radius 1 is 1.29 bits per heavy atom. The lowest BCUT2D eigenvalue weighted by Gasteiger charge is -2.02. The van der Waals surface area contributed by atoms with E-state index < -0.39 is 0 Å². The molecule has 0 unspecified atom stereocenters. The number of hydrogen-bond donors (Lipinski definition) is 2. The van der Waals surface area contributed by atoms with Gasteiger partial charge in [0, 0.05) is 0 Å². The molecule has 0 atom stereocenters. The van der Waals surface area contributed by atoms with Crippen LogP contribution in [0.3, 0.4) is 0 Å². The van der Waals surface area contributed by atoms with Gasteiger partial charge in [0.15, 0.2) is 0 Å². The molecular formula is C15H13BrN4O. The molecule has 0 radical (unpaired) electrons. The molecule has 0 bridgehead atoms. The van der Waals surface area contributed by atoms with Gasteiger partial charge in [0.1, 0.15) is 5.75 Å². The molecular weight excluding hydrogens is 332 g/mol. The SMILES string of the molecule is COc1ccc(/C=N/Nc2nc3ccccc3[nH]2)cc1Br. The van der Waals surface area contributed by atoms with E-state index in [-0.39, 0.29) is 0 Å². The van der Waals surface area contributed by atoms with Gasteiger partial charge >= 0.3 is 0 Å². The van der Waals surface area contributed by atoms with Crippen molar-refractivity contribution in [3.63, 3.8) is 0 Å². The van der Waals surface area contributed by atoms with Gasteiger partial charge in [-0.3, -0.25) is 0 Å². The molecule has 106 valence electrons. The summed E-state index contributed by atoms with van der Waals surface area (Å²) >= 11 is 3.44. The molecule has 0 aliphatic carbocycles. The number of aromatic amines is 1. The molecule has 0 fully saturated rings. The molecule has 2 aromatic carbocycles. The zero-order chi connectivity index (χ0) is 14.7. The average molecular weight is 345 g/mol. The fourth-order valence-electron chi connectivity index (χ4n) is 1.94. The number of aromatic nitrogens is 2. The first kappa shape index (κ1) is 13.6. The predicted molar refractivity (Wildman–Crippen MR) is 88.0 cm³/mol. The lowest BCUT2D eigenvalue weighted by molar-refractivity contribution is 0.412. The number of hydrogen-bond acceptors (Lipinski definition) is 4. The van der Waals surface area contributed by atoms with Gasteiger partial charge < -0.3 is 9.72 Å². The summed E-state index contributed by atoms with van der Waals surface area (Å²) in [4.78, 5) is 7.53. The van der Waals surface area contributed by atoms with Gasteiger partial charge in [-0.2, -0.15) is 5.10 Å². The van der Waals surface area contributed by atoms with Crippen molar-refractivity contribution in [3.05, 3.63) is 52.5 Å². The summed E-state index contributed by atoms with van der Waals surface area (Å²) in [5, 5.41) is 4.17. The number of methoxy groups -OCH3 is 1. The van der Waals surface area contributed by atoms with E-state index in [1.807, 2.05) is 42.5 Å². The number of halogens is 1. The third kappa shape index (κ3) is 3.05. The largest absolute Gasteiger partial charge is 0.496 e. The van der Waals surface area contributed by atoms with E-state index in [4.69, 9.17) is 4.74 Å². The van der Waals surface area contributed by atoms with Crippen molar-refractivity contribution in [2.75, 3.05) is 12.5 Å². The standard InChI is InChI=1S/C15H13BrN4O/c1-21-14-7-6-10(8-11(14)16)9-17-20-15-18-12-4-2-3-5-13(12)19-15/h2-9H,1H3,(H2,18,19,20)/b17-9+. The second-order valence-corrected chi connectivity index (χ2v) is 5.22. The summed E-state index contributed by atoms with van der Waals surface area (Å²) in [6.07, 6.45) is 1.72. The Bertz CT molecular complexity index is 764. The van der Waals surface area contributed by atoms with E-state index in [0.717, 1.165) is 26.8 Å². The van der Waals surface area contributed by atoms with Crippen molar-refractivity contribution >= 4 is 39.1 Å². The van der Waals surface area contributed by atoms with E-state index >= 15 is 0 Å². The molecule has 0 aliphatic rings. The molecule has 0 amide bonds. The van der Waals surface area contributed by atoms with Crippen LogP contribution in [-0.4, -0.2) is 23.3 Å². The Labute approximate surface area is 130 Å². The predicted octanol–water partition coefficient (Wildman–Crippen LogP) is 3.78. The number of anilines is 1. The van der Waals surface area contributed by atoms with Crippen LogP contribution in [0.15, 0.2) is 52.0 Å². The van der Waals surface area contributed by atoms with Gasteiger partial charge in [-0.05, 0) is 51.8 Å². The molecule has 5 nitrogen and oxygen atoms in total. The molecule has 1 heterocycles. The minimum Gasteiger partial charge on any atom is -0.496 e. The molecule has 3 rings (SSSR count). The first-order chi connectivity index (χ1) is 10.3. The number of para-hydroxylation sites is 2. The van der Waals surface area contributed by atoms with Crippen LogP contribution in [-0.2, 0) is 0 Å². The van der Waals surface area contributed by atoms with Gasteiger partial charge in [-0.15, -0.1) is 0 Å². The fourth-order valence-corrected chi connectivity index (χ4v) is 2.50. The van der Waals surface area contributed by atoms with Crippen LogP contribution in [0.4, 0.5) is 5.95 Å². The summed E-state index contributed by atoms with van der Waals surface area (Å²) in [6.45, 7) is 0. The van der Waals surface area contributed by atoms with Gasteiger partial charge in [0.25, 0.3) is 0 Å². The maximum absolute atomic E-state index is 5.19. The normalized spacial score (nSPS) is 11.1. The first-order valence-electron chi connectivity index (χ1n) is 6.33. The van der Waals surface area contributed by atoms with E-state index in [9.17, 15) is 0 Å². The van der Waals surface area contributed by atoms with Crippen molar-refractivity contribution in [1.29, 1.82) is 0 Å². The number of H-pyrrole nitrogens is 1. The molecule has 21 heavy (non-hydrogen) atoms. The number of fused-ring (bicyclic) bond motifs is 1. The quantitative estimate of drug-likeness (QED) is 0.559. The Morgan fingerprint density at radius 3 is 2.90 bits per heavy atom. The van der Waals surface area contributed by atoms with Crippen molar-refractivity contribution in [2.24, 2.45) is 5.10 Å². The van der Waals surface area contributed by atoms with Crippen LogP contribution in [0.25, 0.3) is 11.0 Å². The van der Waals surface area contributed by atoms with E-state index in [1.54, 1.807) is 13.3 Å². The molecule has 2 N–H and O–H groups in total. The van der Waals surface area contributed by atoms with E-state index in [1.165, 1.54) is 0 Å². The monoisotopic (exact) mass is 344 g/mol. The number of hydrazone groups is 1. The number of nitrogens with one attached hydrogen (secondary N) is 2. The van der Waals surface area contributed by atoms with Crippen LogP contribution >= 0.6 is 15.9 Å². The molecule has 6 heteroatoms. The maximum atomic E-state index is 5.19. The van der Waals surface area contributed by atoms with Crippen LogP contribution in [0.1, 0.15) is 5.56 Å². The summed E-state index contributed by atoms with van der Waals surface area (Å²) in [7, 11) is 1.64. The third-order valence-electron chi connectivity index (χ3n) is 2.95. The maximum Gasteiger partial charge on any atom is 0.222 e. The molecule has 3 aromatic rings. The van der Waals surface area contributed by atoms with Crippen LogP contribution in [0, 0.1) is 0 Å². The zero-order valence-electron chi connectivity index (χ0n) is 11.3. The lowest BCUT2D eigenvalue weighted by atomic mass is 10.2. The Kier molecular flexibility index (Phi) is 3.87. The van der Waals surface area contributed by atoms with Crippen LogP contribution < -0.4 is 10.2 Å². The highest BCUT2D eigenvalue weighted by atomic mass is 79.9. The van der Waals surface area contributed by atoms with Crippen molar-refractivity contribution in [2.45, 2.75) is 0 Å². The fraction of sp³-hybridized carbons (Fsp3) is 0.0667. The number of benzene rings is 2. The van der Waals surface area contributed by atoms with Crippen molar-refractivity contribution < 1.29 is 4.74 Å². The van der Waals surface area contributed by atoms with E-state index in [0.29, 0.717) is 5.95 Å². The average Bonchev–Trinajstić information content (AvgIpc) is 2.90. The number of rotatable bonds is 4. The first-order valence-corrected chi connectivity index (χ1v) is 7.13. The highest BCUT2D eigenvalue weighted by Crippen LogP contribution is 2.24. The van der Waals surface area contributed by atoms with E-state index in [2.05, 4.69) is 36.4 Å². The number of ether oxygens (including phenoxy) is 1. The highest BCUT2D eigenvalue weighted by molar-refractivity contribution is 9.10. The van der Waals surface area contributed by atoms with Gasteiger partial charge in [-0.1, -0.05) is 12.1 Å². The second kappa shape index (κ2) is 5.97. The molecule has 1 aromatic heterocycles. The minimum absolute atomic E-state index is 0.611. The second-order valence-electron chi connectivity index (χ2n) is 4.37. The summed E-state index contributed by atoms with van der Waals surface area (Å²) in [6, 6.07) is 13.6. The minimum atomic E-state index is 0.611. The van der Waals surface area contributed by atoms with Crippen molar-refractivity contribution in [1.82, 2.24) is 9.97 Å². The summed E-state index contributed by atoms with van der Waals surface area (Å²) in [5.74, 6) is 1.40. The van der Waals surface area contributed by atoms with Gasteiger partial charge in [0.2, 0.25) is 5.95 Å². The Balaban J connectivity index is 1.73. The molecule has 0 spiro atoms. The smallest absolute Gasteiger partial charge is 0.222 e. The number of nitrogens with zero attached hydrogens (tertiary/aromatic N) is 2. The zero-order valence-corrected chi connectivity index (χ0v) is 12.9. The molecule has 0 saturated carbocycles. The molecule has 0 aliphatic heterocycles. The topological polar surface area (TPSA) is 62.3 Å². The Morgan fingerprint density at radius 2 is 2.14 bits per heavy atom. The van der Waals surface area contributed by atoms with Crippen molar-refractivity contribution in [3.8, 4) is 5.75 Å². The molecule has 0 saturated heterocycles.